The number of aliphatic hydroxyl groups excluding tert-OH is 2. The van der Waals surface area contributed by atoms with Crippen molar-refractivity contribution >= 4 is 261 Å². The third-order valence-electron chi connectivity index (χ3n) is 7.74. The SMILES string of the molecule is CC(=O)Cl.CC(=O)Nc1cccc(Br)n1.CO.CO.COC(=O)Cl.COC(=O)Nc1ccc(Cl)c(Br)n1.COC(=O)Nc1ccc(N)c(Br)n1.COC(=O)Nc1ccc([N+](=O)[O-])c(Br)n1.Nc1ccc(Cl)c(Br)n1.Nc1ccc([N+](=O)[O-])c(Br)n1.Nc1cccc(Br)n1.O=S(=O)(O)O.O=[N+]([O-])O.[K+].[OH-]. The van der Waals surface area contributed by atoms with E-state index >= 15 is 0 Å². The monoisotopic (exact) mass is 2050 g/mol. The summed E-state index contributed by atoms with van der Waals surface area (Å²) in [5.74, 6) is 2.63. The molecule has 0 aliphatic heterocycles. The Morgan fingerprint density at radius 2 is 0.750 bits per heavy atom. The number of hydrogen-bond acceptors (Lipinski definition) is 32. The summed E-state index contributed by atoms with van der Waals surface area (Å²) in [7, 11) is 2.31. The summed E-state index contributed by atoms with van der Waals surface area (Å²) >= 11 is 42.1. The quantitative estimate of drug-likeness (QED) is 0.0140. The molecule has 0 aliphatic carbocycles. The van der Waals surface area contributed by atoms with Gasteiger partial charge in [0.05, 0.1) is 54.0 Å². The fourth-order valence-corrected chi connectivity index (χ4v) is 7.04. The van der Waals surface area contributed by atoms with Crippen molar-refractivity contribution in [2.75, 3.05) is 86.9 Å². The molecule has 4 amide bonds. The van der Waals surface area contributed by atoms with E-state index < -0.39 is 49.0 Å². The van der Waals surface area contributed by atoms with Crippen LogP contribution in [0.5, 0.6) is 0 Å². The summed E-state index contributed by atoms with van der Waals surface area (Å²) < 4.78 is 51.8. The molecular weight excluding hydrogens is 2000 g/mol. The summed E-state index contributed by atoms with van der Waals surface area (Å²) in [6.07, 6.45) is -1.82. The Kier molecular flexibility index (Phi) is 73.3. The van der Waals surface area contributed by atoms with Crippen LogP contribution in [-0.2, 0) is 38.9 Å². The first-order valence-corrected chi connectivity index (χ1v) is 33.1. The Labute approximate surface area is 710 Å². The average Bonchev–Trinajstić information content (AvgIpc) is 0.789. The minimum atomic E-state index is -4.67. The number of amides is 4. The van der Waals surface area contributed by atoms with E-state index in [0.29, 0.717) is 63.2 Å². The number of ether oxygens (including phenoxy) is 4. The number of halogens is 11. The van der Waals surface area contributed by atoms with E-state index in [2.05, 4.69) is 210 Å². The molecule has 0 radical (unpaired) electrons. The number of nitrogens with zero attached hydrogens (tertiary/aromatic N) is 10. The Hall–Kier alpha value is -6.42. The number of rotatable bonds is 6. The summed E-state index contributed by atoms with van der Waals surface area (Å²) in [5.41, 5.74) is 20.9. The number of carbonyl (C=O) groups is 6. The summed E-state index contributed by atoms with van der Waals surface area (Å²) in [5, 5.41) is 58.6. The number of aromatic nitrogens is 7. The minimum Gasteiger partial charge on any atom is -0.870 e. The maximum atomic E-state index is 10.8. The number of carbonyl (C=O) groups excluding carboxylic acids is 6. The topological polar surface area (TPSA) is 676 Å². The Morgan fingerprint density at radius 1 is 0.471 bits per heavy atom. The fourth-order valence-electron chi connectivity index (χ4n) is 4.19. The van der Waals surface area contributed by atoms with E-state index in [1.807, 2.05) is 18.2 Å². The van der Waals surface area contributed by atoms with E-state index in [0.717, 1.165) is 18.8 Å². The van der Waals surface area contributed by atoms with Crippen LogP contribution in [-0.4, -0.2) is 166 Å². The van der Waals surface area contributed by atoms with Gasteiger partial charge in [-0.15, -0.1) is 10.1 Å². The van der Waals surface area contributed by atoms with Crippen LogP contribution >= 0.6 is 158 Å². The van der Waals surface area contributed by atoms with Gasteiger partial charge in [0.1, 0.15) is 63.7 Å². The molecule has 42 nitrogen and oxygen atoms in total. The maximum absolute atomic E-state index is 10.8. The van der Waals surface area contributed by atoms with Crippen LogP contribution in [0, 0.1) is 30.3 Å². The number of aliphatic hydroxyl groups is 2. The summed E-state index contributed by atoms with van der Waals surface area (Å²) in [6, 6.07) is 25.7. The van der Waals surface area contributed by atoms with Crippen LogP contribution in [0.2, 0.25) is 10.0 Å². The molecule has 104 heavy (non-hydrogen) atoms. The fraction of sp³-hybridized carbons (Fsp3) is 0.163. The van der Waals surface area contributed by atoms with Gasteiger partial charge in [0, 0.05) is 51.8 Å². The van der Waals surface area contributed by atoms with Crippen LogP contribution < -0.4 is 95.6 Å². The van der Waals surface area contributed by atoms with Gasteiger partial charge in [-0.2, -0.15) is 8.42 Å². The number of nitro groups is 2. The predicted molar refractivity (Wildman–Crippen MR) is 403 cm³/mol. The van der Waals surface area contributed by atoms with E-state index in [9.17, 15) is 49.0 Å². The molecule has 0 saturated carbocycles. The molecule has 0 fully saturated rings. The number of methoxy groups -OCH3 is 4. The van der Waals surface area contributed by atoms with Gasteiger partial charge in [0.15, 0.2) is 9.21 Å². The van der Waals surface area contributed by atoms with Crippen molar-refractivity contribution in [3.8, 4) is 0 Å². The third kappa shape index (κ3) is 69.9. The average molecular weight is 2060 g/mol. The standard InChI is InChI=1S/C7H6BrClN2O2.C7H6BrN3O4.C7H8BrN3O2.C7H7BrN2O.C5H4BrClN2.C5H4BrN3O2.C5H5BrN2.C2H3ClO2.C2H3ClO.2CH4O.K.HNO3.H2O4S.H2O/c1-13-7(12)11-5-3-2-4(9)6(8)10-5;1-15-7(12)10-5-3-2-4(11(13)14)6(8)9-5;1-13-7(12)11-5-3-2-4(9)6(8)10-5;1-5(11)9-7-4-2-3-6(8)10-7;6-5-3(7)1-2-4(8)9-5;6-5-3(9(10)11)1-2-4(7)8-5;6-4-2-1-3-5(7)8-4;1-5-2(3)4;1-2(3)4;2*1-2;;2-1(3)4;1-5(2,3)4;/h2-3H,1H3,(H,10,11,12);2-3H,1H3,(H,9,10,12);2-3H,9H2,1H3,(H,10,11,12);2-4H,1H3,(H,9,10,11);1-2H,(H2,8,9);1-2H,(H2,7,8);1-3H,(H2,7,8);1H3;1H3;2*2H,1H3;;(H,2,3,4);(H2,1,2,3,4);1H2/q;;;;;;;;;;;+1;;;/p-1. The molecule has 55 heteroatoms. The van der Waals surface area contributed by atoms with Gasteiger partial charge >= 0.3 is 96.9 Å². The van der Waals surface area contributed by atoms with Gasteiger partial charge in [0.2, 0.25) is 11.1 Å². The number of nitrogen functional groups attached to an aromatic ring is 4. The predicted octanol–water partition coefficient (Wildman–Crippen LogP) is 9.66. The maximum Gasteiger partial charge on any atom is 1.00 e. The first-order chi connectivity index (χ1) is 47.3. The number of hydrogen-bond donors (Lipinski definition) is 13. The zero-order valence-electron chi connectivity index (χ0n) is 54.1. The Morgan fingerprint density at radius 3 is 1.03 bits per heavy atom. The summed E-state index contributed by atoms with van der Waals surface area (Å²) in [4.78, 5) is 116. The Bertz CT molecular complexity index is 3790. The molecule has 7 rings (SSSR count). The number of nitrogens with two attached hydrogens (primary N) is 4. The molecule has 0 unspecified atom stereocenters. The molecule has 0 aliphatic rings. The molecule has 0 aromatic carbocycles. The second-order valence-corrected chi connectivity index (χ2v) is 22.9. The van der Waals surface area contributed by atoms with Gasteiger partial charge in [-0.25, -0.2) is 54.1 Å². The van der Waals surface area contributed by atoms with Crippen molar-refractivity contribution in [3.63, 3.8) is 0 Å². The van der Waals surface area contributed by atoms with Crippen molar-refractivity contribution < 1.29 is 152 Å². The van der Waals surface area contributed by atoms with Crippen molar-refractivity contribution in [2.45, 2.75) is 13.8 Å². The molecule has 0 spiro atoms. The van der Waals surface area contributed by atoms with Crippen LogP contribution in [0.1, 0.15) is 13.8 Å². The molecular formula is C49H58Br7Cl4KN18O24S. The van der Waals surface area contributed by atoms with Gasteiger partial charge < -0.3 is 68.1 Å². The number of nitrogens with one attached hydrogen (secondary N) is 4. The second-order valence-electron chi connectivity index (χ2n) is 15.0. The molecule has 0 saturated heterocycles. The smallest absolute Gasteiger partial charge is 0.870 e. The van der Waals surface area contributed by atoms with Crippen molar-refractivity contribution in [1.82, 2.24) is 34.9 Å². The molecule has 7 heterocycles. The van der Waals surface area contributed by atoms with Crippen molar-refractivity contribution in [1.29, 1.82) is 0 Å². The van der Waals surface area contributed by atoms with Gasteiger partial charge in [-0.05, 0) is 196 Å². The molecule has 18 N–H and O–H groups in total. The normalized spacial score (nSPS) is 8.72. The zero-order chi connectivity index (χ0) is 80.6. The van der Waals surface area contributed by atoms with Gasteiger partial charge in [-0.1, -0.05) is 35.3 Å². The molecule has 7 aromatic rings. The van der Waals surface area contributed by atoms with E-state index in [1.165, 1.54) is 66.6 Å². The van der Waals surface area contributed by atoms with Gasteiger partial charge in [0.25, 0.3) is 5.09 Å². The number of pyridine rings is 7. The third-order valence-corrected chi connectivity index (χ3v) is 12.9. The number of anilines is 8. The molecule has 0 atom stereocenters. The van der Waals surface area contributed by atoms with E-state index in [1.54, 1.807) is 54.6 Å². The molecule has 7 aromatic heterocycles. The van der Waals surface area contributed by atoms with Crippen molar-refractivity contribution in [3.05, 3.63) is 170 Å². The van der Waals surface area contributed by atoms with Crippen LogP contribution in [0.15, 0.2) is 129 Å². The molecule has 0 bridgehead atoms. The van der Waals surface area contributed by atoms with E-state index in [-0.39, 0.29) is 100 Å². The zero-order valence-corrected chi connectivity index (χ0v) is 72.2. The van der Waals surface area contributed by atoms with E-state index in [4.69, 9.17) is 89.2 Å². The first kappa shape index (κ1) is 113. The van der Waals surface area contributed by atoms with Crippen LogP contribution in [0.25, 0.3) is 0 Å². The van der Waals surface area contributed by atoms with Crippen LogP contribution in [0.3, 0.4) is 0 Å². The largest absolute Gasteiger partial charge is 1.00 e. The second kappa shape index (κ2) is 67.2. The first-order valence-electron chi connectivity index (χ1n) is 24.7. The molecule has 572 valence electrons. The minimum absolute atomic E-state index is 0. The van der Waals surface area contributed by atoms with Crippen molar-refractivity contribution in [2.24, 2.45) is 0 Å². The van der Waals surface area contributed by atoms with Gasteiger partial charge in [-0.3, -0.25) is 54.9 Å². The van der Waals surface area contributed by atoms with Crippen LogP contribution in [0.4, 0.5) is 77.0 Å². The summed E-state index contributed by atoms with van der Waals surface area (Å²) in [6.45, 7) is 2.74. The Balaban J connectivity index is -0.000000165.